The molecule has 2 N–H and O–H groups in total. The van der Waals surface area contributed by atoms with E-state index in [-0.39, 0.29) is 11.4 Å². The molecule has 0 fully saturated rings. The van der Waals surface area contributed by atoms with Crippen molar-refractivity contribution in [2.75, 3.05) is 20.2 Å². The highest BCUT2D eigenvalue weighted by Gasteiger charge is 2.21. The van der Waals surface area contributed by atoms with Gasteiger partial charge in [-0.15, -0.1) is 0 Å². The third kappa shape index (κ3) is 6.13. The first-order valence-corrected chi connectivity index (χ1v) is 8.63. The van der Waals surface area contributed by atoms with E-state index in [0.717, 1.165) is 25.1 Å². The van der Waals surface area contributed by atoms with E-state index in [9.17, 15) is 8.42 Å². The number of rotatable bonds is 9. The van der Waals surface area contributed by atoms with Crippen molar-refractivity contribution in [2.24, 2.45) is 0 Å². The van der Waals surface area contributed by atoms with Gasteiger partial charge >= 0.3 is 0 Å². The molecule has 0 saturated carbocycles. The SMILES string of the molecule is CCCNCc1ccc(S(=O)(=O)NCC(C)(C)OC)cc1. The minimum atomic E-state index is -3.50. The largest absolute Gasteiger partial charge is 0.377 e. The van der Waals surface area contributed by atoms with Crippen LogP contribution in [-0.4, -0.2) is 34.2 Å². The Labute approximate surface area is 128 Å². The van der Waals surface area contributed by atoms with Crippen LogP contribution in [0.15, 0.2) is 29.2 Å². The number of sulfonamides is 1. The number of methoxy groups -OCH3 is 1. The van der Waals surface area contributed by atoms with E-state index in [1.807, 2.05) is 26.0 Å². The summed E-state index contributed by atoms with van der Waals surface area (Å²) in [5.74, 6) is 0. The number of benzene rings is 1. The fraction of sp³-hybridized carbons (Fsp3) is 0.600. The van der Waals surface area contributed by atoms with Gasteiger partial charge in [-0.1, -0.05) is 19.1 Å². The summed E-state index contributed by atoms with van der Waals surface area (Å²) in [6.07, 6.45) is 1.08. The number of hydrogen-bond donors (Lipinski definition) is 2. The standard InChI is InChI=1S/C15H26N2O3S/c1-5-10-16-11-13-6-8-14(9-7-13)21(18,19)17-12-15(2,3)20-4/h6-9,16-17H,5,10-12H2,1-4H3. The van der Waals surface area contributed by atoms with Crippen molar-refractivity contribution < 1.29 is 13.2 Å². The summed E-state index contributed by atoms with van der Waals surface area (Å²) in [6, 6.07) is 6.92. The average Bonchev–Trinajstić information content (AvgIpc) is 2.46. The van der Waals surface area contributed by atoms with Crippen LogP contribution in [0.5, 0.6) is 0 Å². The molecule has 0 aromatic heterocycles. The van der Waals surface area contributed by atoms with Crippen LogP contribution in [0, 0.1) is 0 Å². The summed E-state index contributed by atoms with van der Waals surface area (Å²) >= 11 is 0. The molecular weight excluding hydrogens is 288 g/mol. The highest BCUT2D eigenvalue weighted by atomic mass is 32.2. The monoisotopic (exact) mass is 314 g/mol. The van der Waals surface area contributed by atoms with Crippen LogP contribution in [0.1, 0.15) is 32.8 Å². The predicted octanol–water partition coefficient (Wildman–Crippen LogP) is 1.89. The Morgan fingerprint density at radius 3 is 2.33 bits per heavy atom. The van der Waals surface area contributed by atoms with Crippen LogP contribution in [-0.2, 0) is 21.3 Å². The quantitative estimate of drug-likeness (QED) is 0.683. The summed E-state index contributed by atoms with van der Waals surface area (Å²) in [7, 11) is -1.93. The molecular formula is C15H26N2O3S. The fourth-order valence-electron chi connectivity index (χ4n) is 1.62. The summed E-state index contributed by atoms with van der Waals surface area (Å²) in [5, 5.41) is 3.28. The molecule has 0 atom stereocenters. The highest BCUT2D eigenvalue weighted by Crippen LogP contribution is 2.12. The van der Waals surface area contributed by atoms with Gasteiger partial charge in [-0.25, -0.2) is 13.1 Å². The van der Waals surface area contributed by atoms with Gasteiger partial charge in [0.05, 0.1) is 10.5 Å². The third-order valence-corrected chi connectivity index (χ3v) is 4.65. The lowest BCUT2D eigenvalue weighted by atomic mass is 10.1. The van der Waals surface area contributed by atoms with Gasteiger partial charge in [0.25, 0.3) is 0 Å². The minimum absolute atomic E-state index is 0.228. The Balaban J connectivity index is 2.67. The van der Waals surface area contributed by atoms with Crippen LogP contribution >= 0.6 is 0 Å². The Morgan fingerprint density at radius 2 is 1.81 bits per heavy atom. The molecule has 6 heteroatoms. The van der Waals surface area contributed by atoms with E-state index in [1.165, 1.54) is 0 Å². The molecule has 1 rings (SSSR count). The summed E-state index contributed by atoms with van der Waals surface area (Å²) in [5.41, 5.74) is 0.538. The van der Waals surface area contributed by atoms with Crippen LogP contribution in [0.4, 0.5) is 0 Å². The molecule has 0 aliphatic heterocycles. The Hall–Kier alpha value is -0.950. The molecule has 0 heterocycles. The van der Waals surface area contributed by atoms with Crippen LogP contribution in [0.3, 0.4) is 0 Å². The molecule has 0 aliphatic carbocycles. The molecule has 0 radical (unpaired) electrons. The molecule has 120 valence electrons. The van der Waals surface area contributed by atoms with Gasteiger partial charge in [0, 0.05) is 20.2 Å². The zero-order valence-electron chi connectivity index (χ0n) is 13.3. The first-order valence-electron chi connectivity index (χ1n) is 7.15. The maximum absolute atomic E-state index is 12.2. The van der Waals surface area contributed by atoms with Gasteiger partial charge in [0.1, 0.15) is 0 Å². The zero-order chi connectivity index (χ0) is 15.9. The van der Waals surface area contributed by atoms with Crippen molar-refractivity contribution in [3.63, 3.8) is 0 Å². The first kappa shape index (κ1) is 18.1. The van der Waals surface area contributed by atoms with Crippen molar-refractivity contribution in [1.29, 1.82) is 0 Å². The molecule has 5 nitrogen and oxygen atoms in total. The molecule has 0 amide bonds. The highest BCUT2D eigenvalue weighted by molar-refractivity contribution is 7.89. The molecule has 1 aromatic carbocycles. The second-order valence-corrected chi connectivity index (χ2v) is 7.38. The second kappa shape index (κ2) is 7.89. The van der Waals surface area contributed by atoms with Gasteiger partial charge in [-0.2, -0.15) is 0 Å². The molecule has 0 saturated heterocycles. The Morgan fingerprint density at radius 1 is 1.19 bits per heavy atom. The lowest BCUT2D eigenvalue weighted by Gasteiger charge is -2.23. The first-order chi connectivity index (χ1) is 9.80. The number of ether oxygens (including phenoxy) is 1. The van der Waals surface area contributed by atoms with E-state index in [0.29, 0.717) is 0 Å². The molecule has 0 aliphatic rings. The summed E-state index contributed by atoms with van der Waals surface area (Å²) in [4.78, 5) is 0.272. The van der Waals surface area contributed by atoms with Gasteiger partial charge < -0.3 is 10.1 Å². The maximum atomic E-state index is 12.2. The summed E-state index contributed by atoms with van der Waals surface area (Å²) < 4.78 is 32.1. The maximum Gasteiger partial charge on any atom is 0.240 e. The van der Waals surface area contributed by atoms with Crippen molar-refractivity contribution in [3.8, 4) is 0 Å². The number of nitrogens with one attached hydrogen (secondary N) is 2. The van der Waals surface area contributed by atoms with Crippen molar-refractivity contribution >= 4 is 10.0 Å². The van der Waals surface area contributed by atoms with Gasteiger partial charge in [0.15, 0.2) is 0 Å². The average molecular weight is 314 g/mol. The van der Waals surface area contributed by atoms with E-state index in [4.69, 9.17) is 4.74 Å². The van der Waals surface area contributed by atoms with Gasteiger partial charge in [0.2, 0.25) is 10.0 Å². The summed E-state index contributed by atoms with van der Waals surface area (Å²) in [6.45, 7) is 7.70. The van der Waals surface area contributed by atoms with Gasteiger partial charge in [-0.3, -0.25) is 0 Å². The van der Waals surface area contributed by atoms with Crippen LogP contribution in [0.25, 0.3) is 0 Å². The topological polar surface area (TPSA) is 67.4 Å². The zero-order valence-corrected chi connectivity index (χ0v) is 14.1. The fourth-order valence-corrected chi connectivity index (χ4v) is 2.82. The van der Waals surface area contributed by atoms with Crippen molar-refractivity contribution in [3.05, 3.63) is 29.8 Å². The molecule has 1 aromatic rings. The van der Waals surface area contributed by atoms with E-state index in [2.05, 4.69) is 17.0 Å². The van der Waals surface area contributed by atoms with Crippen LogP contribution in [0.2, 0.25) is 0 Å². The normalized spacial score (nSPS) is 12.6. The molecule has 21 heavy (non-hydrogen) atoms. The Bertz CT molecular complexity index is 524. The van der Waals surface area contributed by atoms with Crippen molar-refractivity contribution in [2.45, 2.75) is 44.2 Å². The smallest absolute Gasteiger partial charge is 0.240 e. The molecule has 0 spiro atoms. The predicted molar refractivity (Wildman–Crippen MR) is 84.7 cm³/mol. The third-order valence-electron chi connectivity index (χ3n) is 3.23. The van der Waals surface area contributed by atoms with Gasteiger partial charge in [-0.05, 0) is 44.5 Å². The molecule has 0 unspecified atom stereocenters. The second-order valence-electron chi connectivity index (χ2n) is 5.61. The number of hydrogen-bond acceptors (Lipinski definition) is 4. The lowest BCUT2D eigenvalue weighted by molar-refractivity contribution is 0.0276. The van der Waals surface area contributed by atoms with E-state index < -0.39 is 15.6 Å². The van der Waals surface area contributed by atoms with E-state index >= 15 is 0 Å². The molecule has 0 bridgehead atoms. The van der Waals surface area contributed by atoms with Crippen LogP contribution < -0.4 is 10.0 Å². The minimum Gasteiger partial charge on any atom is -0.377 e. The lowest BCUT2D eigenvalue weighted by Crippen LogP contribution is -2.39. The van der Waals surface area contributed by atoms with E-state index in [1.54, 1.807) is 19.2 Å². The Kier molecular flexibility index (Phi) is 6.80. The van der Waals surface area contributed by atoms with Crippen molar-refractivity contribution in [1.82, 2.24) is 10.0 Å².